The summed E-state index contributed by atoms with van der Waals surface area (Å²) in [7, 11) is 0. The Bertz CT molecular complexity index is 386. The standard InChI is InChI=1S/C20H33N/c1-4-12-21-15-20(19-8-6-5-7-9-19)14-18-11-10-16(2)17(3)13-18/h5-9,16-18,20-21H,4,10-15H2,1-3H3. The third kappa shape index (κ3) is 5.14. The van der Waals surface area contributed by atoms with E-state index in [-0.39, 0.29) is 0 Å². The molecule has 0 radical (unpaired) electrons. The monoisotopic (exact) mass is 287 g/mol. The van der Waals surface area contributed by atoms with Gasteiger partial charge in [0.2, 0.25) is 0 Å². The van der Waals surface area contributed by atoms with E-state index in [0.29, 0.717) is 5.92 Å². The fourth-order valence-electron chi connectivity index (χ4n) is 3.79. The van der Waals surface area contributed by atoms with Crippen molar-refractivity contribution in [2.75, 3.05) is 13.1 Å². The van der Waals surface area contributed by atoms with Crippen molar-refractivity contribution >= 4 is 0 Å². The minimum absolute atomic E-state index is 0.684. The molecule has 0 saturated heterocycles. The molecule has 4 unspecified atom stereocenters. The molecule has 1 saturated carbocycles. The predicted octanol–water partition coefficient (Wildman–Crippen LogP) is 5.23. The molecule has 21 heavy (non-hydrogen) atoms. The third-order valence-electron chi connectivity index (χ3n) is 5.41. The SMILES string of the molecule is CCCNCC(CC1CCC(C)C(C)C1)c1ccccc1. The van der Waals surface area contributed by atoms with Crippen molar-refractivity contribution < 1.29 is 0 Å². The highest BCUT2D eigenvalue weighted by atomic mass is 14.8. The van der Waals surface area contributed by atoms with Crippen LogP contribution in [0.15, 0.2) is 30.3 Å². The van der Waals surface area contributed by atoms with Crippen LogP contribution in [0, 0.1) is 17.8 Å². The van der Waals surface area contributed by atoms with Gasteiger partial charge in [-0.05, 0) is 55.0 Å². The summed E-state index contributed by atoms with van der Waals surface area (Å²) in [4.78, 5) is 0. The Morgan fingerprint density at radius 2 is 1.86 bits per heavy atom. The number of hydrogen-bond acceptors (Lipinski definition) is 1. The zero-order chi connectivity index (χ0) is 15.1. The van der Waals surface area contributed by atoms with Crippen molar-refractivity contribution in [3.8, 4) is 0 Å². The van der Waals surface area contributed by atoms with Crippen molar-refractivity contribution in [3.05, 3.63) is 35.9 Å². The molecule has 4 atom stereocenters. The maximum absolute atomic E-state index is 3.64. The minimum atomic E-state index is 0.684. The maximum Gasteiger partial charge on any atom is 0.00202 e. The normalized spacial score (nSPS) is 27.5. The number of nitrogens with one attached hydrogen (secondary N) is 1. The van der Waals surface area contributed by atoms with E-state index < -0.39 is 0 Å². The first kappa shape index (κ1) is 16.5. The second-order valence-electron chi connectivity index (χ2n) is 7.18. The molecule has 1 heteroatoms. The van der Waals surface area contributed by atoms with Gasteiger partial charge in [0.1, 0.15) is 0 Å². The van der Waals surface area contributed by atoms with Crippen LogP contribution in [0.4, 0.5) is 0 Å². The first-order valence-corrected chi connectivity index (χ1v) is 8.96. The van der Waals surface area contributed by atoms with Gasteiger partial charge < -0.3 is 5.32 Å². The summed E-state index contributed by atoms with van der Waals surface area (Å²) < 4.78 is 0. The van der Waals surface area contributed by atoms with E-state index in [1.54, 1.807) is 0 Å². The van der Waals surface area contributed by atoms with Gasteiger partial charge in [-0.15, -0.1) is 0 Å². The molecule has 1 aliphatic carbocycles. The lowest BCUT2D eigenvalue weighted by atomic mass is 9.72. The average molecular weight is 287 g/mol. The minimum Gasteiger partial charge on any atom is -0.316 e. The molecule has 118 valence electrons. The van der Waals surface area contributed by atoms with Gasteiger partial charge in [-0.2, -0.15) is 0 Å². The van der Waals surface area contributed by atoms with Gasteiger partial charge in [-0.1, -0.05) is 63.9 Å². The molecular weight excluding hydrogens is 254 g/mol. The molecule has 1 aromatic carbocycles. The van der Waals surface area contributed by atoms with Crippen LogP contribution in [-0.2, 0) is 0 Å². The molecule has 0 amide bonds. The molecule has 1 aliphatic rings. The molecular formula is C20H33N. The van der Waals surface area contributed by atoms with Gasteiger partial charge in [0.25, 0.3) is 0 Å². The fraction of sp³-hybridized carbons (Fsp3) is 0.700. The van der Waals surface area contributed by atoms with Crippen LogP contribution in [0.25, 0.3) is 0 Å². The van der Waals surface area contributed by atoms with Crippen LogP contribution in [0.3, 0.4) is 0 Å². The summed E-state index contributed by atoms with van der Waals surface area (Å²) >= 11 is 0. The molecule has 1 nitrogen and oxygen atoms in total. The zero-order valence-electron chi connectivity index (χ0n) is 14.1. The number of rotatable bonds is 7. The Morgan fingerprint density at radius 3 is 2.52 bits per heavy atom. The van der Waals surface area contributed by atoms with Crippen molar-refractivity contribution in [2.45, 2.75) is 58.8 Å². The topological polar surface area (TPSA) is 12.0 Å². The second-order valence-corrected chi connectivity index (χ2v) is 7.18. The van der Waals surface area contributed by atoms with Crippen molar-refractivity contribution in [2.24, 2.45) is 17.8 Å². The van der Waals surface area contributed by atoms with Gasteiger partial charge in [0.15, 0.2) is 0 Å². The van der Waals surface area contributed by atoms with E-state index in [4.69, 9.17) is 0 Å². The van der Waals surface area contributed by atoms with Gasteiger partial charge in [0.05, 0.1) is 0 Å². The van der Waals surface area contributed by atoms with Crippen molar-refractivity contribution in [1.82, 2.24) is 5.32 Å². The van der Waals surface area contributed by atoms with Crippen LogP contribution in [0.2, 0.25) is 0 Å². The number of benzene rings is 1. The fourth-order valence-corrected chi connectivity index (χ4v) is 3.79. The van der Waals surface area contributed by atoms with Crippen LogP contribution < -0.4 is 5.32 Å². The first-order chi connectivity index (χ1) is 10.2. The lowest BCUT2D eigenvalue weighted by Gasteiger charge is -2.34. The summed E-state index contributed by atoms with van der Waals surface area (Å²) in [6.45, 7) is 9.40. The highest BCUT2D eigenvalue weighted by Crippen LogP contribution is 2.38. The van der Waals surface area contributed by atoms with E-state index in [0.717, 1.165) is 30.8 Å². The van der Waals surface area contributed by atoms with Gasteiger partial charge in [-0.25, -0.2) is 0 Å². The second kappa shape index (κ2) is 8.58. The lowest BCUT2D eigenvalue weighted by Crippen LogP contribution is -2.27. The highest BCUT2D eigenvalue weighted by Gasteiger charge is 2.26. The van der Waals surface area contributed by atoms with Crippen LogP contribution >= 0.6 is 0 Å². The maximum atomic E-state index is 3.64. The van der Waals surface area contributed by atoms with Gasteiger partial charge >= 0.3 is 0 Å². The summed E-state index contributed by atoms with van der Waals surface area (Å²) in [5.41, 5.74) is 1.52. The van der Waals surface area contributed by atoms with Crippen LogP contribution in [0.1, 0.15) is 64.4 Å². The van der Waals surface area contributed by atoms with E-state index >= 15 is 0 Å². The Balaban J connectivity index is 1.95. The average Bonchev–Trinajstić information content (AvgIpc) is 2.51. The predicted molar refractivity (Wildman–Crippen MR) is 92.6 cm³/mol. The van der Waals surface area contributed by atoms with Crippen molar-refractivity contribution in [1.29, 1.82) is 0 Å². The van der Waals surface area contributed by atoms with E-state index in [9.17, 15) is 0 Å². The molecule has 0 aliphatic heterocycles. The smallest absolute Gasteiger partial charge is 0.00202 e. The third-order valence-corrected chi connectivity index (χ3v) is 5.41. The van der Waals surface area contributed by atoms with Gasteiger partial charge in [-0.3, -0.25) is 0 Å². The van der Waals surface area contributed by atoms with Crippen molar-refractivity contribution in [3.63, 3.8) is 0 Å². The van der Waals surface area contributed by atoms with E-state index in [2.05, 4.69) is 56.4 Å². The summed E-state index contributed by atoms with van der Waals surface area (Å²) in [6.07, 6.45) is 6.87. The molecule has 2 rings (SSSR count). The molecule has 0 spiro atoms. The first-order valence-electron chi connectivity index (χ1n) is 8.96. The largest absolute Gasteiger partial charge is 0.316 e. The zero-order valence-corrected chi connectivity index (χ0v) is 14.1. The molecule has 0 bridgehead atoms. The summed E-state index contributed by atoms with van der Waals surface area (Å²) in [5.74, 6) is 3.44. The van der Waals surface area contributed by atoms with Crippen LogP contribution in [0.5, 0.6) is 0 Å². The molecule has 0 heterocycles. The lowest BCUT2D eigenvalue weighted by molar-refractivity contribution is 0.192. The summed E-state index contributed by atoms with van der Waals surface area (Å²) in [5, 5.41) is 3.64. The van der Waals surface area contributed by atoms with E-state index in [1.807, 2.05) is 0 Å². The Morgan fingerprint density at radius 1 is 1.10 bits per heavy atom. The van der Waals surface area contributed by atoms with Crippen LogP contribution in [-0.4, -0.2) is 13.1 Å². The molecule has 1 fully saturated rings. The highest BCUT2D eigenvalue weighted by molar-refractivity contribution is 5.20. The molecule has 0 aromatic heterocycles. The van der Waals surface area contributed by atoms with Gasteiger partial charge in [0, 0.05) is 6.54 Å². The Kier molecular flexibility index (Phi) is 6.76. The van der Waals surface area contributed by atoms with E-state index in [1.165, 1.54) is 37.7 Å². The quantitative estimate of drug-likeness (QED) is 0.677. The number of hydrogen-bond donors (Lipinski definition) is 1. The Hall–Kier alpha value is -0.820. The molecule has 1 N–H and O–H groups in total. The summed E-state index contributed by atoms with van der Waals surface area (Å²) in [6, 6.07) is 11.1. The Labute approximate surface area is 131 Å². The molecule has 1 aromatic rings.